The summed E-state index contributed by atoms with van der Waals surface area (Å²) in [7, 11) is -3.66. The van der Waals surface area contributed by atoms with Crippen molar-refractivity contribution in [2.24, 2.45) is 5.14 Å². The van der Waals surface area contributed by atoms with Crippen LogP contribution in [0.5, 0.6) is 0 Å². The number of amides is 1. The molecule has 0 radical (unpaired) electrons. The van der Waals surface area contributed by atoms with Crippen LogP contribution < -0.4 is 10.5 Å². The fourth-order valence-corrected chi connectivity index (χ4v) is 1.27. The lowest BCUT2D eigenvalue weighted by atomic mass is 10.3. The summed E-state index contributed by atoms with van der Waals surface area (Å²) in [5, 5.41) is 18.6. The first-order chi connectivity index (χ1) is 7.79. The predicted octanol–water partition coefficient (Wildman–Crippen LogP) is -1.61. The fourth-order valence-electron chi connectivity index (χ4n) is 0.880. The summed E-state index contributed by atoms with van der Waals surface area (Å²) >= 11 is 0. The number of nitrogens with two attached hydrogens (primary N) is 1. The van der Waals surface area contributed by atoms with E-state index < -0.39 is 33.4 Å². The summed E-state index contributed by atoms with van der Waals surface area (Å²) in [6.45, 7) is -0.201. The number of nitrogens with zero attached hydrogens (tertiary/aromatic N) is 1. The molecule has 0 aliphatic rings. The molecule has 17 heavy (non-hydrogen) atoms. The van der Waals surface area contributed by atoms with Crippen LogP contribution in [0.1, 0.15) is 21.0 Å². The van der Waals surface area contributed by atoms with Crippen molar-refractivity contribution in [1.82, 2.24) is 10.5 Å². The Balaban J connectivity index is 2.55. The summed E-state index contributed by atoms with van der Waals surface area (Å²) in [6, 6.07) is 0.925. The van der Waals surface area contributed by atoms with Crippen molar-refractivity contribution in [3.63, 3.8) is 0 Å². The zero-order valence-electron chi connectivity index (χ0n) is 8.41. The highest BCUT2D eigenvalue weighted by molar-refractivity contribution is 7.89. The Morgan fingerprint density at radius 1 is 1.53 bits per heavy atom. The van der Waals surface area contributed by atoms with Crippen LogP contribution in [0, 0.1) is 0 Å². The lowest BCUT2D eigenvalue weighted by Gasteiger charge is -2.00. The molecule has 1 aromatic rings. The zero-order chi connectivity index (χ0) is 13.1. The number of rotatable bonds is 5. The maximum Gasteiger partial charge on any atom is 0.374 e. The van der Waals surface area contributed by atoms with Gasteiger partial charge in [0.2, 0.25) is 15.8 Å². The minimum absolute atomic E-state index is 0.201. The molecule has 0 atom stereocenters. The topological polar surface area (TPSA) is 153 Å². The van der Waals surface area contributed by atoms with Crippen molar-refractivity contribution >= 4 is 21.9 Å². The predicted molar refractivity (Wildman–Crippen MR) is 53.8 cm³/mol. The number of carboxylic acid groups (broad SMARTS) is 1. The van der Waals surface area contributed by atoms with Crippen LogP contribution in [0.15, 0.2) is 10.6 Å². The van der Waals surface area contributed by atoms with Gasteiger partial charge in [0.25, 0.3) is 5.91 Å². The Morgan fingerprint density at radius 2 is 2.18 bits per heavy atom. The Hall–Kier alpha value is -1.94. The van der Waals surface area contributed by atoms with E-state index in [1.165, 1.54) is 0 Å². The van der Waals surface area contributed by atoms with E-state index in [2.05, 4.69) is 15.0 Å². The molecule has 0 unspecified atom stereocenters. The van der Waals surface area contributed by atoms with E-state index >= 15 is 0 Å². The number of carbonyl (C=O) groups excluding carboxylic acids is 1. The van der Waals surface area contributed by atoms with E-state index in [9.17, 15) is 18.0 Å². The summed E-state index contributed by atoms with van der Waals surface area (Å²) in [4.78, 5) is 21.7. The average Bonchev–Trinajstić information content (AvgIpc) is 2.63. The second kappa shape index (κ2) is 4.93. The zero-order valence-corrected chi connectivity index (χ0v) is 9.23. The average molecular weight is 263 g/mol. The van der Waals surface area contributed by atoms with E-state index in [0.29, 0.717) is 0 Å². The standard InChI is InChI=1S/C7H9N3O6S/c8-17(14,15)2-1-9-6(11)4-3-5(7(12)13)16-10-4/h3H,1-2H2,(H,9,11)(H,12,13)(H2,8,14,15). The molecule has 94 valence electrons. The third-order valence-corrected chi connectivity index (χ3v) is 2.40. The van der Waals surface area contributed by atoms with E-state index in [1.54, 1.807) is 0 Å². The number of nitrogens with one attached hydrogen (secondary N) is 1. The minimum atomic E-state index is -3.66. The van der Waals surface area contributed by atoms with Crippen LogP contribution in [0.4, 0.5) is 0 Å². The van der Waals surface area contributed by atoms with Gasteiger partial charge in [-0.1, -0.05) is 5.16 Å². The third kappa shape index (κ3) is 4.20. The van der Waals surface area contributed by atoms with Crippen molar-refractivity contribution in [2.45, 2.75) is 0 Å². The van der Waals surface area contributed by atoms with Gasteiger partial charge >= 0.3 is 5.97 Å². The van der Waals surface area contributed by atoms with Gasteiger partial charge in [-0.05, 0) is 0 Å². The summed E-state index contributed by atoms with van der Waals surface area (Å²) in [5.41, 5.74) is -0.253. The molecule has 0 saturated heterocycles. The molecule has 0 bridgehead atoms. The molecule has 1 heterocycles. The number of carbonyl (C=O) groups is 2. The van der Waals surface area contributed by atoms with E-state index in [4.69, 9.17) is 10.2 Å². The van der Waals surface area contributed by atoms with Gasteiger partial charge in [0.15, 0.2) is 5.69 Å². The van der Waals surface area contributed by atoms with Gasteiger partial charge in [-0.3, -0.25) is 4.79 Å². The molecular formula is C7H9N3O6S. The highest BCUT2D eigenvalue weighted by atomic mass is 32.2. The van der Waals surface area contributed by atoms with Gasteiger partial charge in [0.1, 0.15) is 0 Å². The minimum Gasteiger partial charge on any atom is -0.475 e. The van der Waals surface area contributed by atoms with Gasteiger partial charge in [-0.25, -0.2) is 18.4 Å². The first-order valence-corrected chi connectivity index (χ1v) is 6.00. The highest BCUT2D eigenvalue weighted by Gasteiger charge is 2.16. The lowest BCUT2D eigenvalue weighted by Crippen LogP contribution is -2.31. The van der Waals surface area contributed by atoms with Gasteiger partial charge in [0.05, 0.1) is 5.75 Å². The van der Waals surface area contributed by atoms with Gasteiger partial charge in [-0.2, -0.15) is 0 Å². The van der Waals surface area contributed by atoms with E-state index in [0.717, 1.165) is 6.07 Å². The number of hydrogen-bond acceptors (Lipinski definition) is 6. The van der Waals surface area contributed by atoms with Crippen molar-refractivity contribution in [3.8, 4) is 0 Å². The maximum atomic E-state index is 11.3. The van der Waals surface area contributed by atoms with Crippen molar-refractivity contribution in [1.29, 1.82) is 0 Å². The number of hydrogen-bond donors (Lipinski definition) is 3. The summed E-state index contributed by atoms with van der Waals surface area (Å²) in [6.07, 6.45) is 0. The first-order valence-electron chi connectivity index (χ1n) is 4.28. The van der Waals surface area contributed by atoms with Crippen LogP contribution in [0.3, 0.4) is 0 Å². The van der Waals surface area contributed by atoms with Gasteiger partial charge in [0, 0.05) is 12.6 Å². The van der Waals surface area contributed by atoms with Crippen LogP contribution in [-0.2, 0) is 10.0 Å². The van der Waals surface area contributed by atoms with Crippen LogP contribution in [-0.4, -0.2) is 42.9 Å². The van der Waals surface area contributed by atoms with Crippen LogP contribution in [0.25, 0.3) is 0 Å². The molecule has 9 nitrogen and oxygen atoms in total. The Bertz CT molecular complexity index is 534. The Labute approximate surface area is 95.6 Å². The van der Waals surface area contributed by atoms with Crippen LogP contribution >= 0.6 is 0 Å². The van der Waals surface area contributed by atoms with Crippen molar-refractivity contribution in [2.75, 3.05) is 12.3 Å². The molecule has 0 fully saturated rings. The fraction of sp³-hybridized carbons (Fsp3) is 0.286. The Morgan fingerprint density at radius 3 is 2.65 bits per heavy atom. The summed E-state index contributed by atoms with van der Waals surface area (Å²) in [5.74, 6) is -3.02. The molecule has 1 rings (SSSR count). The molecular weight excluding hydrogens is 254 g/mol. The summed E-state index contributed by atoms with van der Waals surface area (Å²) < 4.78 is 25.5. The SMILES string of the molecule is NS(=O)(=O)CCNC(=O)c1cc(C(=O)O)on1. The first kappa shape index (κ1) is 13.1. The monoisotopic (exact) mass is 263 g/mol. The maximum absolute atomic E-state index is 11.3. The molecule has 1 amide bonds. The van der Waals surface area contributed by atoms with E-state index in [-0.39, 0.29) is 12.2 Å². The second-order valence-corrected chi connectivity index (χ2v) is 4.74. The smallest absolute Gasteiger partial charge is 0.374 e. The molecule has 0 saturated carbocycles. The molecule has 1 aromatic heterocycles. The molecule has 0 aromatic carbocycles. The molecule has 0 spiro atoms. The third-order valence-electron chi connectivity index (χ3n) is 1.63. The van der Waals surface area contributed by atoms with E-state index in [1.807, 2.05) is 0 Å². The van der Waals surface area contributed by atoms with Gasteiger partial charge < -0.3 is 14.9 Å². The molecule has 0 aliphatic carbocycles. The largest absolute Gasteiger partial charge is 0.475 e. The lowest BCUT2D eigenvalue weighted by molar-refractivity contribution is 0.0651. The molecule has 10 heteroatoms. The van der Waals surface area contributed by atoms with Gasteiger partial charge in [-0.15, -0.1) is 0 Å². The van der Waals surface area contributed by atoms with Crippen molar-refractivity contribution < 1.29 is 27.6 Å². The molecule has 0 aliphatic heterocycles. The molecule has 4 N–H and O–H groups in total. The highest BCUT2D eigenvalue weighted by Crippen LogP contribution is 2.02. The number of carboxylic acids is 1. The van der Waals surface area contributed by atoms with Crippen LogP contribution in [0.2, 0.25) is 0 Å². The second-order valence-electron chi connectivity index (χ2n) is 3.00. The quantitative estimate of drug-likeness (QED) is 0.577. The number of sulfonamides is 1. The Kier molecular flexibility index (Phi) is 3.81. The normalized spacial score (nSPS) is 11.1. The number of aromatic nitrogens is 1. The number of aromatic carboxylic acids is 1. The number of primary sulfonamides is 1. The van der Waals surface area contributed by atoms with Crippen molar-refractivity contribution in [3.05, 3.63) is 17.5 Å².